The van der Waals surface area contributed by atoms with E-state index in [1.54, 1.807) is 40.9 Å². The van der Waals surface area contributed by atoms with E-state index in [0.29, 0.717) is 27.7 Å². The van der Waals surface area contributed by atoms with Gasteiger partial charge in [0.25, 0.3) is 5.91 Å². The normalized spacial score (nSPS) is 10.7. The lowest BCUT2D eigenvalue weighted by molar-refractivity contribution is -0.111. The molecule has 0 aliphatic heterocycles. The zero-order valence-electron chi connectivity index (χ0n) is 14.1. The molecule has 27 heavy (non-hydrogen) atoms. The Kier molecular flexibility index (Phi) is 5.55. The third-order valence-electron chi connectivity index (χ3n) is 3.70. The van der Waals surface area contributed by atoms with Crippen molar-refractivity contribution < 1.29 is 9.59 Å². The first-order chi connectivity index (χ1) is 13.1. The van der Waals surface area contributed by atoms with E-state index in [2.05, 4.69) is 21.5 Å². The number of rotatable bonds is 5. The first-order valence-corrected chi connectivity index (χ1v) is 8.40. The molecule has 134 valence electrons. The van der Waals surface area contributed by atoms with Crippen molar-refractivity contribution in [2.24, 2.45) is 0 Å². The molecule has 6 nitrogen and oxygen atoms in total. The number of hydrogen-bond acceptors (Lipinski definition) is 3. The van der Waals surface area contributed by atoms with Gasteiger partial charge in [-0.2, -0.15) is 0 Å². The van der Waals surface area contributed by atoms with Crippen molar-refractivity contribution in [1.29, 1.82) is 0 Å². The number of terminal acetylenes is 1. The van der Waals surface area contributed by atoms with Crippen LogP contribution in [-0.2, 0) is 4.79 Å². The number of carbonyl (C=O) groups excluding carboxylic acids is 2. The topological polar surface area (TPSA) is 75.5 Å². The lowest BCUT2D eigenvalue weighted by Crippen LogP contribution is -2.25. The van der Waals surface area contributed by atoms with Gasteiger partial charge in [-0.3, -0.25) is 14.0 Å². The number of nitrogens with one attached hydrogen (secondary N) is 2. The number of nitrogens with zero attached hydrogens (tertiary/aromatic N) is 2. The van der Waals surface area contributed by atoms with Gasteiger partial charge < -0.3 is 10.6 Å². The highest BCUT2D eigenvalue weighted by molar-refractivity contribution is 6.31. The smallest absolute Gasteiger partial charge is 0.254 e. The van der Waals surface area contributed by atoms with E-state index >= 15 is 0 Å². The first-order valence-electron chi connectivity index (χ1n) is 8.02. The van der Waals surface area contributed by atoms with Gasteiger partial charge in [0, 0.05) is 12.3 Å². The van der Waals surface area contributed by atoms with E-state index in [-0.39, 0.29) is 12.5 Å². The zero-order chi connectivity index (χ0) is 19.2. The summed E-state index contributed by atoms with van der Waals surface area (Å²) in [5, 5.41) is 5.55. The molecule has 1 aromatic carbocycles. The Balaban J connectivity index is 1.78. The second-order valence-electron chi connectivity index (χ2n) is 5.47. The molecule has 0 aliphatic rings. The second kappa shape index (κ2) is 8.21. The minimum atomic E-state index is -0.408. The highest BCUT2D eigenvalue weighted by Gasteiger charge is 2.12. The molecule has 0 radical (unpaired) electrons. The van der Waals surface area contributed by atoms with Crippen LogP contribution >= 0.6 is 11.6 Å². The van der Waals surface area contributed by atoms with Gasteiger partial charge in [-0.15, -0.1) is 6.42 Å². The van der Waals surface area contributed by atoms with E-state index in [1.807, 2.05) is 18.2 Å². The van der Waals surface area contributed by atoms with Crippen molar-refractivity contribution in [1.82, 2.24) is 14.7 Å². The molecule has 2 aromatic heterocycles. The Morgan fingerprint density at radius 3 is 2.81 bits per heavy atom. The van der Waals surface area contributed by atoms with Gasteiger partial charge in [-0.05, 0) is 30.3 Å². The number of para-hydroxylation sites is 1. The van der Waals surface area contributed by atoms with Crippen LogP contribution in [0.1, 0.15) is 16.1 Å². The Labute approximate surface area is 160 Å². The highest BCUT2D eigenvalue weighted by Crippen LogP contribution is 2.19. The van der Waals surface area contributed by atoms with Crippen molar-refractivity contribution in [2.75, 3.05) is 11.9 Å². The number of pyridine rings is 1. The molecular formula is C20H15ClN4O2. The molecule has 0 bridgehead atoms. The summed E-state index contributed by atoms with van der Waals surface area (Å²) in [7, 11) is 0. The van der Waals surface area contributed by atoms with Crippen LogP contribution < -0.4 is 10.6 Å². The summed E-state index contributed by atoms with van der Waals surface area (Å²) in [5.41, 5.74) is 1.97. The summed E-state index contributed by atoms with van der Waals surface area (Å²) in [5.74, 6) is 1.56. The van der Waals surface area contributed by atoms with Gasteiger partial charge in [0.1, 0.15) is 5.65 Å². The van der Waals surface area contributed by atoms with Gasteiger partial charge in [0.05, 0.1) is 23.5 Å². The molecule has 2 amide bonds. The van der Waals surface area contributed by atoms with Crippen LogP contribution in [-0.4, -0.2) is 27.7 Å². The Morgan fingerprint density at radius 2 is 2.00 bits per heavy atom. The maximum atomic E-state index is 12.3. The van der Waals surface area contributed by atoms with Crippen molar-refractivity contribution in [3.63, 3.8) is 0 Å². The maximum Gasteiger partial charge on any atom is 0.254 e. The minimum absolute atomic E-state index is 0.105. The average molecular weight is 379 g/mol. The number of halogens is 1. The predicted molar refractivity (Wildman–Crippen MR) is 105 cm³/mol. The number of benzene rings is 1. The zero-order valence-corrected chi connectivity index (χ0v) is 14.9. The SMILES string of the molecule is C#CCNC(=O)c1ccccc1NC(=O)/C=C/c1c(Cl)nc2ccccn12. The van der Waals surface area contributed by atoms with Crippen LogP contribution in [0.25, 0.3) is 11.7 Å². The van der Waals surface area contributed by atoms with Gasteiger partial charge in [-0.1, -0.05) is 35.7 Å². The number of anilines is 1. The van der Waals surface area contributed by atoms with Crippen molar-refractivity contribution in [3.05, 3.63) is 71.1 Å². The standard InChI is InChI=1S/C20H15ClN4O2/c1-2-12-22-20(27)14-7-3-4-8-15(14)23-18(26)11-10-16-19(21)24-17-9-5-6-13-25(16)17/h1,3-11,13H,12H2,(H,22,27)(H,23,26)/b11-10+. The third-order valence-corrected chi connectivity index (χ3v) is 3.97. The Bertz CT molecular complexity index is 1080. The first kappa shape index (κ1) is 18.2. The van der Waals surface area contributed by atoms with Gasteiger partial charge >= 0.3 is 0 Å². The summed E-state index contributed by atoms with van der Waals surface area (Å²) in [4.78, 5) is 28.7. The van der Waals surface area contributed by atoms with Crippen molar-refractivity contribution in [3.8, 4) is 12.3 Å². The molecule has 0 aliphatic carbocycles. The third kappa shape index (κ3) is 4.17. The molecule has 2 heterocycles. The Morgan fingerprint density at radius 1 is 1.22 bits per heavy atom. The van der Waals surface area contributed by atoms with E-state index in [4.69, 9.17) is 18.0 Å². The number of hydrogen-bond donors (Lipinski definition) is 2. The maximum absolute atomic E-state index is 12.3. The van der Waals surface area contributed by atoms with Gasteiger partial charge in [-0.25, -0.2) is 4.98 Å². The van der Waals surface area contributed by atoms with Crippen molar-refractivity contribution >= 4 is 40.8 Å². The molecule has 3 rings (SSSR count). The fourth-order valence-corrected chi connectivity index (χ4v) is 2.72. The van der Waals surface area contributed by atoms with E-state index in [1.165, 1.54) is 6.08 Å². The number of amides is 2. The fourth-order valence-electron chi connectivity index (χ4n) is 2.48. The van der Waals surface area contributed by atoms with E-state index in [0.717, 1.165) is 0 Å². The van der Waals surface area contributed by atoms with Crippen molar-refractivity contribution in [2.45, 2.75) is 0 Å². The van der Waals surface area contributed by atoms with Crippen LogP contribution in [0, 0.1) is 12.3 Å². The monoisotopic (exact) mass is 378 g/mol. The number of carbonyl (C=O) groups is 2. The Hall–Kier alpha value is -3.56. The number of aromatic nitrogens is 2. The molecular weight excluding hydrogens is 364 g/mol. The fraction of sp³-hybridized carbons (Fsp3) is 0.0500. The van der Waals surface area contributed by atoms with Gasteiger partial charge in [0.2, 0.25) is 5.91 Å². The molecule has 0 fully saturated rings. The van der Waals surface area contributed by atoms with E-state index in [9.17, 15) is 9.59 Å². The average Bonchev–Trinajstić information content (AvgIpc) is 3.00. The summed E-state index contributed by atoms with van der Waals surface area (Å²) < 4.78 is 1.77. The van der Waals surface area contributed by atoms with Crippen LogP contribution in [0.3, 0.4) is 0 Å². The molecule has 0 saturated carbocycles. The summed E-state index contributed by atoms with van der Waals surface area (Å²) in [6.45, 7) is 0.105. The summed E-state index contributed by atoms with van der Waals surface area (Å²) in [6.07, 6.45) is 9.85. The minimum Gasteiger partial charge on any atom is -0.341 e. The molecule has 7 heteroatoms. The number of fused-ring (bicyclic) bond motifs is 1. The molecule has 0 saturated heterocycles. The lowest BCUT2D eigenvalue weighted by Gasteiger charge is -2.09. The number of imidazole rings is 1. The summed E-state index contributed by atoms with van der Waals surface area (Å²) in [6, 6.07) is 12.2. The quantitative estimate of drug-likeness (QED) is 0.529. The lowest BCUT2D eigenvalue weighted by atomic mass is 10.1. The second-order valence-corrected chi connectivity index (χ2v) is 5.83. The molecule has 2 N–H and O–H groups in total. The predicted octanol–water partition coefficient (Wildman–Crippen LogP) is 3.00. The highest BCUT2D eigenvalue weighted by atomic mass is 35.5. The van der Waals surface area contributed by atoms with Gasteiger partial charge in [0.15, 0.2) is 5.15 Å². The molecule has 3 aromatic rings. The van der Waals surface area contributed by atoms with Crippen LogP contribution in [0.5, 0.6) is 0 Å². The molecule has 0 atom stereocenters. The van der Waals surface area contributed by atoms with Crippen LogP contribution in [0.15, 0.2) is 54.7 Å². The molecule has 0 unspecified atom stereocenters. The van der Waals surface area contributed by atoms with Crippen LogP contribution in [0.4, 0.5) is 5.69 Å². The summed E-state index contributed by atoms with van der Waals surface area (Å²) >= 11 is 6.14. The largest absolute Gasteiger partial charge is 0.341 e. The van der Waals surface area contributed by atoms with E-state index < -0.39 is 5.91 Å². The molecule has 0 spiro atoms. The van der Waals surface area contributed by atoms with Crippen LogP contribution in [0.2, 0.25) is 5.15 Å².